The summed E-state index contributed by atoms with van der Waals surface area (Å²) in [6.45, 7) is 4.49. The number of rotatable bonds is 41. The number of quaternary nitrogens is 1. The maximum absolute atomic E-state index is 12.7. The van der Waals surface area contributed by atoms with Crippen LogP contribution < -0.4 is 5.11 Å². The van der Waals surface area contributed by atoms with Gasteiger partial charge in [-0.2, -0.15) is 0 Å². The molecule has 0 aromatic rings. The first-order chi connectivity index (χ1) is 28.1. The van der Waals surface area contributed by atoms with E-state index in [1.807, 2.05) is 0 Å². The molecule has 0 saturated heterocycles. The molecule has 58 heavy (non-hydrogen) atoms. The molecular weight excluding hydrogens is 727 g/mol. The highest BCUT2D eigenvalue weighted by Gasteiger charge is 2.25. The molecule has 2 atom stereocenters. The number of carboxylic acids is 1. The van der Waals surface area contributed by atoms with E-state index < -0.39 is 18.1 Å². The summed E-state index contributed by atoms with van der Waals surface area (Å²) >= 11 is 0. The topological polar surface area (TPSA) is 102 Å². The number of hydrogen-bond donors (Lipinski definition) is 0. The molecular formula is C50H87NO7. The average Bonchev–Trinajstić information content (AvgIpc) is 3.18. The molecule has 0 heterocycles. The van der Waals surface area contributed by atoms with Crippen LogP contribution in [0.15, 0.2) is 60.8 Å². The summed E-state index contributed by atoms with van der Waals surface area (Å²) in [6.07, 6.45) is 49.6. The highest BCUT2D eigenvalue weighted by Crippen LogP contribution is 2.14. The predicted molar refractivity (Wildman–Crippen MR) is 240 cm³/mol. The van der Waals surface area contributed by atoms with Gasteiger partial charge in [0.25, 0.3) is 0 Å². The van der Waals surface area contributed by atoms with Crippen molar-refractivity contribution in [2.45, 2.75) is 199 Å². The zero-order valence-corrected chi connectivity index (χ0v) is 37.9. The monoisotopic (exact) mass is 814 g/mol. The highest BCUT2D eigenvalue weighted by molar-refractivity contribution is 5.70. The minimum absolute atomic E-state index is 0.0350. The molecule has 0 saturated carbocycles. The minimum Gasteiger partial charge on any atom is -0.544 e. The summed E-state index contributed by atoms with van der Waals surface area (Å²) in [5.74, 6) is -1.76. The number of carbonyl (C=O) groups is 3. The molecule has 334 valence electrons. The lowest BCUT2D eigenvalue weighted by atomic mass is 10.0. The fourth-order valence-corrected chi connectivity index (χ4v) is 6.51. The second-order valence-corrected chi connectivity index (χ2v) is 16.6. The van der Waals surface area contributed by atoms with E-state index in [1.165, 1.54) is 77.0 Å². The van der Waals surface area contributed by atoms with Crippen LogP contribution in [0.1, 0.15) is 187 Å². The van der Waals surface area contributed by atoms with Crippen molar-refractivity contribution in [2.24, 2.45) is 0 Å². The number of carbonyl (C=O) groups excluding carboxylic acids is 3. The third kappa shape index (κ3) is 38.5. The molecule has 0 rings (SSSR count). The van der Waals surface area contributed by atoms with E-state index in [0.29, 0.717) is 12.8 Å². The molecule has 0 aliphatic carbocycles. The molecule has 0 aliphatic rings. The molecule has 8 heteroatoms. The van der Waals surface area contributed by atoms with E-state index >= 15 is 0 Å². The molecule has 8 nitrogen and oxygen atoms in total. The Labute approximate surface area is 356 Å². The van der Waals surface area contributed by atoms with Crippen molar-refractivity contribution in [3.05, 3.63) is 60.8 Å². The first kappa shape index (κ1) is 55.0. The van der Waals surface area contributed by atoms with Crippen molar-refractivity contribution in [1.29, 1.82) is 0 Å². The van der Waals surface area contributed by atoms with Gasteiger partial charge in [0.05, 0.1) is 40.3 Å². The van der Waals surface area contributed by atoms with Crippen molar-refractivity contribution >= 4 is 17.9 Å². The molecule has 0 amide bonds. The molecule has 0 aromatic carbocycles. The molecule has 0 bridgehead atoms. The van der Waals surface area contributed by atoms with Crippen molar-refractivity contribution in [2.75, 3.05) is 41.0 Å². The summed E-state index contributed by atoms with van der Waals surface area (Å²) in [6, 6.07) is -0.729. The van der Waals surface area contributed by atoms with E-state index in [2.05, 4.69) is 74.6 Å². The van der Waals surface area contributed by atoms with Gasteiger partial charge in [-0.25, -0.2) is 0 Å². The van der Waals surface area contributed by atoms with Crippen LogP contribution in [0, 0.1) is 0 Å². The van der Waals surface area contributed by atoms with Crippen molar-refractivity contribution < 1.29 is 38.2 Å². The number of esters is 2. The molecule has 0 fully saturated rings. The molecule has 2 unspecified atom stereocenters. The fraction of sp³-hybridized carbons (Fsp3) is 0.740. The van der Waals surface area contributed by atoms with Gasteiger partial charge in [-0.3, -0.25) is 9.59 Å². The van der Waals surface area contributed by atoms with Crippen molar-refractivity contribution in [3.63, 3.8) is 0 Å². The molecule has 0 N–H and O–H groups in total. The minimum atomic E-state index is -1.13. The predicted octanol–water partition coefficient (Wildman–Crippen LogP) is 11.6. The first-order valence-electron chi connectivity index (χ1n) is 23.3. The van der Waals surface area contributed by atoms with E-state index in [9.17, 15) is 19.5 Å². The molecule has 0 radical (unpaired) electrons. The fourth-order valence-electron chi connectivity index (χ4n) is 6.51. The third-order valence-electron chi connectivity index (χ3n) is 10.1. The molecule has 0 aromatic heterocycles. The van der Waals surface area contributed by atoms with E-state index in [4.69, 9.17) is 14.2 Å². The SMILES string of the molecule is CC/C=C\C/C=C\C/C=C\C/C=C\CCCCCCCCCCCCC(=O)OC(COCCC(C(=O)[O-])[N+](C)(C)C)COC(=O)CCCCCCC/C=C\CCCC. The normalized spacial score (nSPS) is 13.5. The van der Waals surface area contributed by atoms with Crippen LogP contribution in [-0.2, 0) is 28.6 Å². The number of unbranched alkanes of at least 4 members (excludes halogenated alkanes) is 17. The second kappa shape index (κ2) is 40.8. The average molecular weight is 814 g/mol. The van der Waals surface area contributed by atoms with Gasteiger partial charge in [-0.05, 0) is 70.6 Å². The van der Waals surface area contributed by atoms with Gasteiger partial charge in [-0.1, -0.05) is 158 Å². The largest absolute Gasteiger partial charge is 0.544 e. The summed E-state index contributed by atoms with van der Waals surface area (Å²) in [5.41, 5.74) is 0. The summed E-state index contributed by atoms with van der Waals surface area (Å²) in [4.78, 5) is 36.9. The smallest absolute Gasteiger partial charge is 0.306 e. The molecule has 0 spiro atoms. The lowest BCUT2D eigenvalue weighted by molar-refractivity contribution is -0.889. The van der Waals surface area contributed by atoms with E-state index in [0.717, 1.165) is 77.0 Å². The number of likely N-dealkylation sites (N-methyl/N-ethyl adjacent to an activating group) is 1. The maximum Gasteiger partial charge on any atom is 0.306 e. The number of carboxylic acid groups (broad SMARTS) is 1. The Kier molecular flexibility index (Phi) is 38.7. The van der Waals surface area contributed by atoms with Gasteiger partial charge in [-0.15, -0.1) is 0 Å². The van der Waals surface area contributed by atoms with Crippen LogP contribution >= 0.6 is 0 Å². The van der Waals surface area contributed by atoms with Crippen molar-refractivity contribution in [1.82, 2.24) is 0 Å². The Hall–Kier alpha value is -2.97. The summed E-state index contributed by atoms with van der Waals surface area (Å²) < 4.78 is 17.2. The van der Waals surface area contributed by atoms with E-state index in [-0.39, 0.29) is 42.7 Å². The lowest BCUT2D eigenvalue weighted by Crippen LogP contribution is -2.55. The Morgan fingerprint density at radius 1 is 0.534 bits per heavy atom. The second-order valence-electron chi connectivity index (χ2n) is 16.6. The van der Waals surface area contributed by atoms with Gasteiger partial charge in [0.15, 0.2) is 6.10 Å². The van der Waals surface area contributed by atoms with Crippen LogP contribution in [0.2, 0.25) is 0 Å². The third-order valence-corrected chi connectivity index (χ3v) is 10.1. The Morgan fingerprint density at radius 3 is 1.45 bits per heavy atom. The van der Waals surface area contributed by atoms with Crippen LogP contribution in [0.4, 0.5) is 0 Å². The standard InChI is InChI=1S/C50H87NO7/c1-6-8-10-12-14-16-18-19-20-21-22-23-24-25-26-27-28-29-31-33-35-37-39-41-49(53)58-46(44-56-43-42-47(50(54)55)51(3,4)5)45-57-48(52)40-38-36-34-32-30-17-15-13-11-9-7-2/h8,10,13-16,19-20,22-23,46-47H,6-7,9,11-12,17-18,21,24-45H2,1-5H3/b10-8-,15-13-,16-14-,20-19-,23-22-. The van der Waals surface area contributed by atoms with Gasteiger partial charge >= 0.3 is 11.9 Å². The highest BCUT2D eigenvalue weighted by atomic mass is 16.6. The first-order valence-corrected chi connectivity index (χ1v) is 23.3. The zero-order valence-electron chi connectivity index (χ0n) is 37.9. The molecule has 0 aliphatic heterocycles. The van der Waals surface area contributed by atoms with Crippen LogP contribution in [0.5, 0.6) is 0 Å². The van der Waals surface area contributed by atoms with Gasteiger partial charge in [0, 0.05) is 19.3 Å². The van der Waals surface area contributed by atoms with Gasteiger partial charge in [0.1, 0.15) is 12.6 Å². The van der Waals surface area contributed by atoms with Gasteiger partial charge in [0.2, 0.25) is 0 Å². The maximum atomic E-state index is 12.7. The van der Waals surface area contributed by atoms with E-state index in [1.54, 1.807) is 21.1 Å². The number of hydrogen-bond acceptors (Lipinski definition) is 7. The quantitative estimate of drug-likeness (QED) is 0.0262. The number of allylic oxidation sites excluding steroid dienone is 10. The Morgan fingerprint density at radius 2 is 0.966 bits per heavy atom. The number of aliphatic carboxylic acids is 1. The summed E-state index contributed by atoms with van der Waals surface area (Å²) in [7, 11) is 5.40. The Bertz CT molecular complexity index is 1130. The number of nitrogens with zero attached hydrogens (tertiary/aromatic N) is 1. The zero-order chi connectivity index (χ0) is 42.8. The van der Waals surface area contributed by atoms with Crippen LogP contribution in [0.3, 0.4) is 0 Å². The van der Waals surface area contributed by atoms with Crippen LogP contribution in [-0.4, -0.2) is 75.5 Å². The van der Waals surface area contributed by atoms with Crippen LogP contribution in [0.25, 0.3) is 0 Å². The lowest BCUT2D eigenvalue weighted by Gasteiger charge is -2.34. The number of ether oxygens (including phenoxy) is 3. The Balaban J connectivity index is 4.25. The van der Waals surface area contributed by atoms with Gasteiger partial charge < -0.3 is 28.6 Å². The summed E-state index contributed by atoms with van der Waals surface area (Å²) in [5, 5.41) is 11.6. The van der Waals surface area contributed by atoms with Crippen molar-refractivity contribution in [3.8, 4) is 0 Å².